The Balaban J connectivity index is 1.76. The minimum absolute atomic E-state index is 0.0611. The number of nitrogens with zero attached hydrogens (tertiary/aromatic N) is 2. The Bertz CT molecular complexity index is 368. The van der Waals surface area contributed by atoms with Crippen molar-refractivity contribution in [2.75, 3.05) is 33.7 Å². The van der Waals surface area contributed by atoms with Crippen molar-refractivity contribution in [1.29, 1.82) is 0 Å². The SMILES string of the molecule is CN(C)CC1CCN(C(=O)C2CCC(C(=O)O)CC2)CC1. The molecule has 2 fully saturated rings. The second-order valence-electron chi connectivity index (χ2n) is 6.92. The lowest BCUT2D eigenvalue weighted by Crippen LogP contribution is -2.44. The predicted octanol–water partition coefficient (Wildman–Crippen LogP) is 1.68. The zero-order valence-corrected chi connectivity index (χ0v) is 13.3. The smallest absolute Gasteiger partial charge is 0.306 e. The van der Waals surface area contributed by atoms with Crippen LogP contribution < -0.4 is 0 Å². The lowest BCUT2D eigenvalue weighted by Gasteiger charge is -2.36. The van der Waals surface area contributed by atoms with Gasteiger partial charge in [0.25, 0.3) is 0 Å². The van der Waals surface area contributed by atoms with Crippen LogP contribution in [0.2, 0.25) is 0 Å². The summed E-state index contributed by atoms with van der Waals surface area (Å²) in [5, 5.41) is 9.01. The van der Waals surface area contributed by atoms with Gasteiger partial charge >= 0.3 is 5.97 Å². The van der Waals surface area contributed by atoms with Gasteiger partial charge in [-0.2, -0.15) is 0 Å². The van der Waals surface area contributed by atoms with Crippen LogP contribution in [0.5, 0.6) is 0 Å². The standard InChI is InChI=1S/C16H28N2O3/c1-17(2)11-12-7-9-18(10-8-12)15(19)13-3-5-14(6-4-13)16(20)21/h12-14H,3-11H2,1-2H3,(H,20,21). The van der Waals surface area contributed by atoms with Crippen LogP contribution in [-0.4, -0.2) is 60.5 Å². The average molecular weight is 296 g/mol. The fourth-order valence-corrected chi connectivity index (χ4v) is 3.70. The van der Waals surface area contributed by atoms with Gasteiger partial charge < -0.3 is 14.9 Å². The largest absolute Gasteiger partial charge is 0.481 e. The summed E-state index contributed by atoms with van der Waals surface area (Å²) in [6.07, 6.45) is 4.98. The summed E-state index contributed by atoms with van der Waals surface area (Å²) in [6, 6.07) is 0. The van der Waals surface area contributed by atoms with Crippen LogP contribution in [0, 0.1) is 17.8 Å². The molecule has 0 unspecified atom stereocenters. The number of carboxylic acid groups (broad SMARTS) is 1. The molecule has 0 bridgehead atoms. The maximum absolute atomic E-state index is 12.5. The highest BCUT2D eigenvalue weighted by Crippen LogP contribution is 2.31. The summed E-state index contributed by atoms with van der Waals surface area (Å²) in [7, 11) is 4.19. The molecule has 1 saturated heterocycles. The molecular weight excluding hydrogens is 268 g/mol. The molecule has 1 saturated carbocycles. The summed E-state index contributed by atoms with van der Waals surface area (Å²) in [5.74, 6) is 0.0882. The topological polar surface area (TPSA) is 60.9 Å². The third-order valence-electron chi connectivity index (χ3n) is 4.98. The zero-order chi connectivity index (χ0) is 15.4. The van der Waals surface area contributed by atoms with Gasteiger partial charge in [0.05, 0.1) is 5.92 Å². The molecule has 0 aromatic carbocycles. The normalized spacial score (nSPS) is 27.9. The fraction of sp³-hybridized carbons (Fsp3) is 0.875. The molecule has 2 aliphatic rings. The predicted molar refractivity (Wildman–Crippen MR) is 80.9 cm³/mol. The van der Waals surface area contributed by atoms with Gasteiger partial charge in [-0.1, -0.05) is 0 Å². The first-order valence-electron chi connectivity index (χ1n) is 8.13. The van der Waals surface area contributed by atoms with Crippen LogP contribution in [0.1, 0.15) is 38.5 Å². The molecule has 0 radical (unpaired) electrons. The van der Waals surface area contributed by atoms with E-state index >= 15 is 0 Å². The van der Waals surface area contributed by atoms with Crippen molar-refractivity contribution < 1.29 is 14.7 Å². The molecule has 5 heteroatoms. The van der Waals surface area contributed by atoms with E-state index in [1.165, 1.54) is 0 Å². The number of hydrogen-bond donors (Lipinski definition) is 1. The maximum Gasteiger partial charge on any atom is 0.306 e. The van der Waals surface area contributed by atoms with Crippen molar-refractivity contribution in [3.63, 3.8) is 0 Å². The van der Waals surface area contributed by atoms with Gasteiger partial charge in [-0.05, 0) is 58.5 Å². The monoisotopic (exact) mass is 296 g/mol. The third kappa shape index (κ3) is 4.43. The quantitative estimate of drug-likeness (QED) is 0.857. The number of rotatable bonds is 4. The summed E-state index contributed by atoms with van der Waals surface area (Å²) in [5.41, 5.74) is 0. The molecule has 0 spiro atoms. The molecule has 1 amide bonds. The Morgan fingerprint density at radius 3 is 2.00 bits per heavy atom. The molecule has 120 valence electrons. The lowest BCUT2D eigenvalue weighted by molar-refractivity contribution is -0.146. The number of carboxylic acids is 1. The van der Waals surface area contributed by atoms with E-state index < -0.39 is 5.97 Å². The Labute approximate surface area is 127 Å². The highest BCUT2D eigenvalue weighted by molar-refractivity contribution is 5.79. The molecule has 5 nitrogen and oxygen atoms in total. The summed E-state index contributed by atoms with van der Waals surface area (Å²) < 4.78 is 0. The Morgan fingerprint density at radius 1 is 1.00 bits per heavy atom. The molecule has 1 heterocycles. The van der Waals surface area contributed by atoms with Crippen molar-refractivity contribution in [2.24, 2.45) is 17.8 Å². The molecule has 0 atom stereocenters. The van der Waals surface area contributed by atoms with E-state index in [1.807, 2.05) is 4.90 Å². The van der Waals surface area contributed by atoms with Gasteiger partial charge in [0.1, 0.15) is 0 Å². The highest BCUT2D eigenvalue weighted by atomic mass is 16.4. The van der Waals surface area contributed by atoms with Gasteiger partial charge in [-0.3, -0.25) is 9.59 Å². The molecule has 1 aliphatic carbocycles. The van der Waals surface area contributed by atoms with E-state index in [4.69, 9.17) is 5.11 Å². The van der Waals surface area contributed by atoms with Crippen molar-refractivity contribution in [1.82, 2.24) is 9.80 Å². The van der Waals surface area contributed by atoms with Crippen molar-refractivity contribution >= 4 is 11.9 Å². The number of carbonyl (C=O) groups excluding carboxylic acids is 1. The van der Waals surface area contributed by atoms with Gasteiger partial charge in [-0.25, -0.2) is 0 Å². The summed E-state index contributed by atoms with van der Waals surface area (Å²) in [6.45, 7) is 2.85. The lowest BCUT2D eigenvalue weighted by atomic mass is 9.81. The Kier molecular flexibility index (Phi) is 5.62. The first-order chi connectivity index (χ1) is 9.97. The highest BCUT2D eigenvalue weighted by Gasteiger charge is 2.33. The number of likely N-dealkylation sites (tertiary alicyclic amines) is 1. The zero-order valence-electron chi connectivity index (χ0n) is 13.3. The first-order valence-corrected chi connectivity index (χ1v) is 8.13. The Hall–Kier alpha value is -1.10. The van der Waals surface area contributed by atoms with E-state index in [-0.39, 0.29) is 17.7 Å². The third-order valence-corrected chi connectivity index (χ3v) is 4.98. The molecule has 21 heavy (non-hydrogen) atoms. The second-order valence-corrected chi connectivity index (χ2v) is 6.92. The van der Waals surface area contributed by atoms with Crippen LogP contribution in [0.3, 0.4) is 0 Å². The molecule has 1 aliphatic heterocycles. The minimum atomic E-state index is -0.703. The van der Waals surface area contributed by atoms with Crippen LogP contribution in [0.15, 0.2) is 0 Å². The van der Waals surface area contributed by atoms with Crippen molar-refractivity contribution in [2.45, 2.75) is 38.5 Å². The molecular formula is C16H28N2O3. The van der Waals surface area contributed by atoms with Gasteiger partial charge in [0.2, 0.25) is 5.91 Å². The van der Waals surface area contributed by atoms with Crippen LogP contribution in [0.25, 0.3) is 0 Å². The summed E-state index contributed by atoms with van der Waals surface area (Å²) >= 11 is 0. The second kappa shape index (κ2) is 7.25. The van der Waals surface area contributed by atoms with E-state index in [0.29, 0.717) is 18.8 Å². The fourth-order valence-electron chi connectivity index (χ4n) is 3.70. The van der Waals surface area contributed by atoms with E-state index in [9.17, 15) is 9.59 Å². The molecule has 2 rings (SSSR count). The number of amides is 1. The number of hydrogen-bond acceptors (Lipinski definition) is 3. The minimum Gasteiger partial charge on any atom is -0.481 e. The number of carbonyl (C=O) groups is 2. The maximum atomic E-state index is 12.5. The van der Waals surface area contributed by atoms with Crippen LogP contribution in [-0.2, 0) is 9.59 Å². The number of aliphatic carboxylic acids is 1. The Morgan fingerprint density at radius 2 is 1.52 bits per heavy atom. The number of piperidine rings is 1. The van der Waals surface area contributed by atoms with Crippen molar-refractivity contribution in [3.8, 4) is 0 Å². The molecule has 0 aromatic heterocycles. The van der Waals surface area contributed by atoms with Crippen LogP contribution in [0.4, 0.5) is 0 Å². The van der Waals surface area contributed by atoms with Gasteiger partial charge in [-0.15, -0.1) is 0 Å². The summed E-state index contributed by atoms with van der Waals surface area (Å²) in [4.78, 5) is 27.7. The van der Waals surface area contributed by atoms with Crippen molar-refractivity contribution in [3.05, 3.63) is 0 Å². The molecule has 1 N–H and O–H groups in total. The van der Waals surface area contributed by atoms with Gasteiger partial charge in [0.15, 0.2) is 0 Å². The van der Waals surface area contributed by atoms with E-state index in [2.05, 4.69) is 19.0 Å². The average Bonchev–Trinajstić information content (AvgIpc) is 2.47. The van der Waals surface area contributed by atoms with E-state index in [1.54, 1.807) is 0 Å². The van der Waals surface area contributed by atoms with Gasteiger partial charge in [0, 0.05) is 25.6 Å². The molecule has 0 aromatic rings. The van der Waals surface area contributed by atoms with Crippen LogP contribution >= 0.6 is 0 Å². The first kappa shape index (κ1) is 16.3. The van der Waals surface area contributed by atoms with E-state index in [0.717, 1.165) is 45.3 Å².